The Morgan fingerprint density at radius 1 is 1.16 bits per heavy atom. The standard InChI is InChI=1S/C23H24FN3O4/c1-13(2)31-22(29)19-14(3)27(4)23(30)26-20(19)15-8-7-9-16(12-15)25-21(28)17-10-5-6-11-18(17)24/h5-13,20H,1-4H3,(H,25,28)(H,26,30)/t20-/m1/s1. The zero-order valence-electron chi connectivity index (χ0n) is 17.7. The van der Waals surface area contributed by atoms with Gasteiger partial charge >= 0.3 is 12.0 Å². The molecular weight excluding hydrogens is 401 g/mol. The van der Waals surface area contributed by atoms with E-state index in [0.29, 0.717) is 22.5 Å². The number of hydrogen-bond donors (Lipinski definition) is 2. The van der Waals surface area contributed by atoms with Crippen LogP contribution in [0.3, 0.4) is 0 Å². The Balaban J connectivity index is 1.94. The molecule has 0 unspecified atom stereocenters. The minimum absolute atomic E-state index is 0.0857. The second kappa shape index (κ2) is 8.99. The zero-order valence-corrected chi connectivity index (χ0v) is 17.7. The molecule has 0 radical (unpaired) electrons. The van der Waals surface area contributed by atoms with Crippen molar-refractivity contribution in [2.75, 3.05) is 12.4 Å². The maximum atomic E-state index is 13.9. The summed E-state index contributed by atoms with van der Waals surface area (Å²) in [5.74, 6) is -1.77. The lowest BCUT2D eigenvalue weighted by molar-refractivity contribution is -0.143. The molecule has 1 aliphatic heterocycles. The van der Waals surface area contributed by atoms with Crippen LogP contribution in [-0.2, 0) is 9.53 Å². The van der Waals surface area contributed by atoms with E-state index in [1.165, 1.54) is 23.1 Å². The third kappa shape index (κ3) is 4.74. The molecular formula is C23H24FN3O4. The summed E-state index contributed by atoms with van der Waals surface area (Å²) in [6.45, 7) is 5.16. The van der Waals surface area contributed by atoms with Gasteiger partial charge in [0.25, 0.3) is 5.91 Å². The Morgan fingerprint density at radius 2 is 1.87 bits per heavy atom. The van der Waals surface area contributed by atoms with Crippen LogP contribution in [0, 0.1) is 5.82 Å². The van der Waals surface area contributed by atoms with Crippen LogP contribution in [-0.4, -0.2) is 36.0 Å². The summed E-state index contributed by atoms with van der Waals surface area (Å²) in [5, 5.41) is 5.45. The van der Waals surface area contributed by atoms with Crippen molar-refractivity contribution in [3.8, 4) is 0 Å². The van der Waals surface area contributed by atoms with Gasteiger partial charge in [0, 0.05) is 18.4 Å². The number of nitrogens with zero attached hydrogens (tertiary/aromatic N) is 1. The molecule has 7 nitrogen and oxygen atoms in total. The number of carbonyl (C=O) groups is 3. The van der Waals surface area contributed by atoms with Crippen molar-refractivity contribution < 1.29 is 23.5 Å². The highest BCUT2D eigenvalue weighted by atomic mass is 19.1. The first kappa shape index (κ1) is 22.0. The SMILES string of the molecule is CC1=C(C(=O)OC(C)C)[C@@H](c2cccc(NC(=O)c3ccccc3F)c2)NC(=O)N1C. The van der Waals surface area contributed by atoms with E-state index < -0.39 is 23.7 Å². The van der Waals surface area contributed by atoms with Gasteiger partial charge in [-0.05, 0) is 50.6 Å². The molecule has 8 heteroatoms. The van der Waals surface area contributed by atoms with Gasteiger partial charge in [0.2, 0.25) is 0 Å². The van der Waals surface area contributed by atoms with Gasteiger partial charge in [-0.1, -0.05) is 24.3 Å². The quantitative estimate of drug-likeness (QED) is 0.709. The number of amides is 3. The molecule has 0 aromatic heterocycles. The number of esters is 1. The molecule has 2 N–H and O–H groups in total. The van der Waals surface area contributed by atoms with E-state index >= 15 is 0 Å². The average molecular weight is 425 g/mol. The Labute approximate surface area is 179 Å². The summed E-state index contributed by atoms with van der Waals surface area (Å²) in [6.07, 6.45) is -0.331. The molecule has 1 heterocycles. The number of carbonyl (C=O) groups excluding carboxylic acids is 3. The fourth-order valence-corrected chi connectivity index (χ4v) is 3.27. The fourth-order valence-electron chi connectivity index (χ4n) is 3.27. The first-order valence-electron chi connectivity index (χ1n) is 9.81. The number of hydrogen-bond acceptors (Lipinski definition) is 4. The summed E-state index contributed by atoms with van der Waals surface area (Å²) in [6, 6.07) is 11.2. The third-order valence-corrected chi connectivity index (χ3v) is 4.91. The lowest BCUT2D eigenvalue weighted by Crippen LogP contribution is -2.46. The monoisotopic (exact) mass is 425 g/mol. The maximum absolute atomic E-state index is 13.9. The minimum atomic E-state index is -0.764. The van der Waals surface area contributed by atoms with Crippen LogP contribution >= 0.6 is 0 Å². The normalized spacial score (nSPS) is 16.3. The molecule has 0 bridgehead atoms. The van der Waals surface area contributed by atoms with Crippen LogP contribution in [0.25, 0.3) is 0 Å². The lowest BCUT2D eigenvalue weighted by atomic mass is 9.94. The molecule has 0 saturated heterocycles. The van der Waals surface area contributed by atoms with Crippen molar-refractivity contribution in [1.82, 2.24) is 10.2 Å². The highest BCUT2D eigenvalue weighted by molar-refractivity contribution is 6.04. The van der Waals surface area contributed by atoms with Gasteiger partial charge in [0.05, 0.1) is 23.3 Å². The second-order valence-corrected chi connectivity index (χ2v) is 7.45. The minimum Gasteiger partial charge on any atom is -0.459 e. The fraction of sp³-hybridized carbons (Fsp3) is 0.261. The number of allylic oxidation sites excluding steroid dienone is 1. The van der Waals surface area contributed by atoms with Crippen molar-refractivity contribution in [1.29, 1.82) is 0 Å². The molecule has 2 aromatic carbocycles. The summed E-state index contributed by atoms with van der Waals surface area (Å²) in [4.78, 5) is 38.9. The summed E-state index contributed by atoms with van der Waals surface area (Å²) >= 11 is 0. The van der Waals surface area contributed by atoms with Gasteiger partial charge in [-0.25, -0.2) is 14.0 Å². The topological polar surface area (TPSA) is 87.7 Å². The first-order valence-corrected chi connectivity index (χ1v) is 9.81. The van der Waals surface area contributed by atoms with E-state index in [0.717, 1.165) is 0 Å². The summed E-state index contributed by atoms with van der Waals surface area (Å²) in [5.41, 5.74) is 1.65. The molecule has 31 heavy (non-hydrogen) atoms. The van der Waals surface area contributed by atoms with E-state index in [1.54, 1.807) is 58.2 Å². The number of urea groups is 1. The van der Waals surface area contributed by atoms with E-state index in [4.69, 9.17) is 4.74 Å². The van der Waals surface area contributed by atoms with Crippen molar-refractivity contribution >= 4 is 23.6 Å². The average Bonchev–Trinajstić information content (AvgIpc) is 2.71. The molecule has 0 aliphatic carbocycles. The summed E-state index contributed by atoms with van der Waals surface area (Å²) in [7, 11) is 1.56. The molecule has 2 aromatic rings. The molecule has 0 saturated carbocycles. The van der Waals surface area contributed by atoms with Gasteiger partial charge in [-0.15, -0.1) is 0 Å². The van der Waals surface area contributed by atoms with Crippen LogP contribution < -0.4 is 10.6 Å². The molecule has 1 atom stereocenters. The van der Waals surface area contributed by atoms with E-state index in [1.807, 2.05) is 0 Å². The van der Waals surface area contributed by atoms with Crippen LogP contribution in [0.2, 0.25) is 0 Å². The van der Waals surface area contributed by atoms with E-state index in [9.17, 15) is 18.8 Å². The third-order valence-electron chi connectivity index (χ3n) is 4.91. The van der Waals surface area contributed by atoms with Crippen LogP contribution in [0.15, 0.2) is 59.8 Å². The molecule has 162 valence electrons. The first-order chi connectivity index (χ1) is 14.7. The molecule has 1 aliphatic rings. The van der Waals surface area contributed by atoms with Gasteiger partial charge < -0.3 is 20.3 Å². The number of benzene rings is 2. The number of halogens is 1. The van der Waals surface area contributed by atoms with E-state index in [-0.39, 0.29) is 17.7 Å². The van der Waals surface area contributed by atoms with Crippen LogP contribution in [0.5, 0.6) is 0 Å². The van der Waals surface area contributed by atoms with Gasteiger partial charge in [0.1, 0.15) is 5.82 Å². The molecule has 0 fully saturated rings. The molecule has 0 spiro atoms. The van der Waals surface area contributed by atoms with E-state index in [2.05, 4.69) is 10.6 Å². The molecule has 3 rings (SSSR count). The van der Waals surface area contributed by atoms with Crippen LogP contribution in [0.1, 0.15) is 42.7 Å². The molecule has 3 amide bonds. The highest BCUT2D eigenvalue weighted by Crippen LogP contribution is 2.32. The Kier molecular flexibility index (Phi) is 6.39. The van der Waals surface area contributed by atoms with Gasteiger partial charge in [0.15, 0.2) is 0 Å². The number of anilines is 1. The predicted octanol–water partition coefficient (Wildman–Crippen LogP) is 4.00. The van der Waals surface area contributed by atoms with Crippen molar-refractivity contribution in [2.45, 2.75) is 32.9 Å². The Bertz CT molecular complexity index is 1060. The second-order valence-electron chi connectivity index (χ2n) is 7.45. The number of rotatable bonds is 5. The number of ether oxygens (including phenoxy) is 1. The number of nitrogens with one attached hydrogen (secondary N) is 2. The largest absolute Gasteiger partial charge is 0.459 e. The van der Waals surface area contributed by atoms with Crippen molar-refractivity contribution in [3.05, 3.63) is 76.7 Å². The van der Waals surface area contributed by atoms with Crippen molar-refractivity contribution in [2.24, 2.45) is 0 Å². The maximum Gasteiger partial charge on any atom is 0.338 e. The Hall–Kier alpha value is -3.68. The van der Waals surface area contributed by atoms with Gasteiger partial charge in [-0.3, -0.25) is 4.79 Å². The Morgan fingerprint density at radius 3 is 2.55 bits per heavy atom. The lowest BCUT2D eigenvalue weighted by Gasteiger charge is -2.33. The smallest absolute Gasteiger partial charge is 0.338 e. The van der Waals surface area contributed by atoms with Crippen LogP contribution in [0.4, 0.5) is 14.9 Å². The highest BCUT2D eigenvalue weighted by Gasteiger charge is 2.35. The van der Waals surface area contributed by atoms with Crippen molar-refractivity contribution in [3.63, 3.8) is 0 Å². The predicted molar refractivity (Wildman–Crippen MR) is 114 cm³/mol. The van der Waals surface area contributed by atoms with Gasteiger partial charge in [-0.2, -0.15) is 0 Å². The zero-order chi connectivity index (χ0) is 22.7. The summed E-state index contributed by atoms with van der Waals surface area (Å²) < 4.78 is 19.3.